The van der Waals surface area contributed by atoms with Crippen LogP contribution in [-0.2, 0) is 42.0 Å². The SMILES string of the molecule is Cc1cc(C)c2c(c1)[C@@H]1OC(c3[c-]c(N4c5[c-]c6c(cc5C(C)(C)c5ccccc54)c4ccccc4n6-c4cc(C(C)(C)C)ccn4)cc(-c4ccccn4)c3)=N[C@]1(C)CC2(C)C.[Pt+2]. The fraction of sp³-hybridized carbons (Fsp3) is 0.281. The van der Waals surface area contributed by atoms with Crippen LogP contribution in [0.3, 0.4) is 0 Å². The molecule has 3 aromatic heterocycles. The van der Waals surface area contributed by atoms with E-state index in [1.165, 1.54) is 44.3 Å². The molecule has 3 aliphatic rings. The number of hydrogen-bond donors (Lipinski definition) is 0. The van der Waals surface area contributed by atoms with Gasteiger partial charge in [0.25, 0.3) is 0 Å². The van der Waals surface area contributed by atoms with Crippen LogP contribution in [-0.4, -0.2) is 26.0 Å². The van der Waals surface area contributed by atoms with Crippen LogP contribution < -0.4 is 4.90 Å². The van der Waals surface area contributed by atoms with Gasteiger partial charge in [0, 0.05) is 23.6 Å². The Hall–Kier alpha value is -5.84. The molecule has 5 heterocycles. The van der Waals surface area contributed by atoms with Gasteiger partial charge in [-0.2, -0.15) is 6.07 Å². The second-order valence-corrected chi connectivity index (χ2v) is 20.5. The van der Waals surface area contributed by atoms with Crippen molar-refractivity contribution in [1.82, 2.24) is 14.5 Å². The number of aliphatic imine (C=N–C) groups is 1. The van der Waals surface area contributed by atoms with Crippen molar-refractivity contribution >= 4 is 44.8 Å². The van der Waals surface area contributed by atoms with Gasteiger partial charge in [-0.3, -0.25) is 9.98 Å². The van der Waals surface area contributed by atoms with Gasteiger partial charge in [-0.1, -0.05) is 131 Å². The van der Waals surface area contributed by atoms with Crippen LogP contribution in [0.25, 0.3) is 38.9 Å². The molecule has 0 spiro atoms. The molecule has 11 rings (SSSR count). The molecule has 7 heteroatoms. The minimum Gasteiger partial charge on any atom is -0.510 e. The molecule has 64 heavy (non-hydrogen) atoms. The minimum absolute atomic E-state index is 0. The minimum atomic E-state index is -0.458. The van der Waals surface area contributed by atoms with Crippen molar-refractivity contribution in [3.05, 3.63) is 178 Å². The van der Waals surface area contributed by atoms with E-state index in [1.54, 1.807) is 0 Å². The Bertz CT molecular complexity index is 3230. The van der Waals surface area contributed by atoms with Crippen molar-refractivity contribution in [2.75, 3.05) is 4.90 Å². The molecule has 0 bridgehead atoms. The molecule has 5 aromatic carbocycles. The molecule has 0 amide bonds. The maximum absolute atomic E-state index is 7.14. The first-order valence-electron chi connectivity index (χ1n) is 22.3. The van der Waals surface area contributed by atoms with Gasteiger partial charge in [-0.15, -0.1) is 35.2 Å². The van der Waals surface area contributed by atoms with Gasteiger partial charge >= 0.3 is 21.1 Å². The molecular formula is C57H53N5OPt. The van der Waals surface area contributed by atoms with Crippen LogP contribution in [0.5, 0.6) is 0 Å². The molecule has 2 atom stereocenters. The Morgan fingerprint density at radius 3 is 2.30 bits per heavy atom. The van der Waals surface area contributed by atoms with E-state index in [0.717, 1.165) is 62.5 Å². The monoisotopic (exact) mass is 1020 g/mol. The van der Waals surface area contributed by atoms with Gasteiger partial charge in [-0.25, -0.2) is 4.98 Å². The van der Waals surface area contributed by atoms with Crippen LogP contribution >= 0.6 is 0 Å². The largest absolute Gasteiger partial charge is 2.00 e. The van der Waals surface area contributed by atoms with Crippen LogP contribution in [0.2, 0.25) is 0 Å². The fourth-order valence-electron chi connectivity index (χ4n) is 11.3. The molecule has 0 saturated heterocycles. The number of ether oxygens (including phenoxy) is 1. The van der Waals surface area contributed by atoms with E-state index in [9.17, 15) is 0 Å². The van der Waals surface area contributed by atoms with Gasteiger partial charge in [0.15, 0.2) is 0 Å². The van der Waals surface area contributed by atoms with Gasteiger partial charge in [-0.05, 0) is 119 Å². The standard InChI is InChI=1S/C57H53N5O.Pt/c1-34-25-35(2)51-42(26-34)52-57(10,33-55(51,6)7)60-53(63-52)37-27-36(45-19-15-16-23-58-45)28-39(29-37)61-47-21-14-12-18-43(47)56(8,9)44-31-41-40-17-11-13-20-46(40)62(48(41)32-49(44)61)50-30-38(22-24-59-50)54(3,4)5;/h11-28,30-31,52H,33H2,1-10H3;/q-2;+2/t52-,57+;/m0./s1. The number of fused-ring (bicyclic) bond motifs is 8. The summed E-state index contributed by atoms with van der Waals surface area (Å²) >= 11 is 0. The maximum Gasteiger partial charge on any atom is 2.00 e. The summed E-state index contributed by atoms with van der Waals surface area (Å²) in [4.78, 5) is 17.8. The van der Waals surface area contributed by atoms with E-state index < -0.39 is 5.54 Å². The number of aryl methyl sites for hydroxylation is 2. The van der Waals surface area contributed by atoms with Crippen molar-refractivity contribution in [3.63, 3.8) is 0 Å². The molecule has 2 aliphatic heterocycles. The van der Waals surface area contributed by atoms with Crippen LogP contribution in [0.1, 0.15) is 112 Å². The van der Waals surface area contributed by atoms with Crippen LogP contribution in [0.15, 0.2) is 127 Å². The molecule has 6 nitrogen and oxygen atoms in total. The van der Waals surface area contributed by atoms with Crippen LogP contribution in [0.4, 0.5) is 17.1 Å². The number of hydrogen-bond acceptors (Lipinski definition) is 5. The first kappa shape index (κ1) is 42.1. The number of aromatic nitrogens is 3. The molecule has 0 saturated carbocycles. The summed E-state index contributed by atoms with van der Waals surface area (Å²) in [5.41, 5.74) is 15.5. The molecule has 1 aliphatic carbocycles. The average Bonchev–Trinajstić information content (AvgIpc) is 3.77. The first-order valence-corrected chi connectivity index (χ1v) is 22.3. The molecule has 0 fully saturated rings. The third kappa shape index (κ3) is 6.42. The van der Waals surface area contributed by atoms with Gasteiger partial charge in [0.2, 0.25) is 0 Å². The van der Waals surface area contributed by atoms with Gasteiger partial charge in [0.05, 0.1) is 11.2 Å². The fourth-order valence-corrected chi connectivity index (χ4v) is 11.3. The first-order chi connectivity index (χ1) is 30.0. The second-order valence-electron chi connectivity index (χ2n) is 20.5. The van der Waals surface area contributed by atoms with Crippen molar-refractivity contribution in [2.24, 2.45) is 4.99 Å². The maximum atomic E-state index is 7.14. The molecule has 0 unspecified atom stereocenters. The normalized spacial score (nSPS) is 19.2. The van der Waals surface area contributed by atoms with Crippen molar-refractivity contribution in [3.8, 4) is 17.1 Å². The topological polar surface area (TPSA) is 55.5 Å². The number of benzene rings is 5. The van der Waals surface area contributed by atoms with E-state index in [-0.39, 0.29) is 43.4 Å². The third-order valence-corrected chi connectivity index (χ3v) is 14.0. The number of para-hydroxylation sites is 2. The average molecular weight is 1020 g/mol. The van der Waals surface area contributed by atoms with Crippen molar-refractivity contribution in [1.29, 1.82) is 0 Å². The summed E-state index contributed by atoms with van der Waals surface area (Å²) in [6, 6.07) is 47.3. The third-order valence-electron chi connectivity index (χ3n) is 14.0. The van der Waals surface area contributed by atoms with E-state index in [0.29, 0.717) is 5.90 Å². The number of rotatable bonds is 4. The molecule has 0 radical (unpaired) electrons. The molecule has 0 N–H and O–H groups in total. The summed E-state index contributed by atoms with van der Waals surface area (Å²) in [7, 11) is 0. The Kier molecular flexibility index (Phi) is 9.60. The quantitative estimate of drug-likeness (QED) is 0.165. The van der Waals surface area contributed by atoms with E-state index in [2.05, 4.69) is 188 Å². The summed E-state index contributed by atoms with van der Waals surface area (Å²) in [6.07, 6.45) is 4.45. The van der Waals surface area contributed by atoms with E-state index in [1.807, 2.05) is 24.5 Å². The van der Waals surface area contributed by atoms with Crippen molar-refractivity contribution in [2.45, 2.75) is 104 Å². The smallest absolute Gasteiger partial charge is 0.510 e. The molecule has 322 valence electrons. The summed E-state index contributed by atoms with van der Waals surface area (Å²) in [5.74, 6) is 1.49. The Balaban J connectivity index is 0.00000484. The van der Waals surface area contributed by atoms with Crippen molar-refractivity contribution < 1.29 is 25.8 Å². The number of nitrogens with zero attached hydrogens (tertiary/aromatic N) is 5. The predicted molar refractivity (Wildman–Crippen MR) is 257 cm³/mol. The summed E-state index contributed by atoms with van der Waals surface area (Å²) in [6.45, 7) is 22.8. The Morgan fingerprint density at radius 1 is 0.750 bits per heavy atom. The van der Waals surface area contributed by atoms with Crippen LogP contribution in [0, 0.1) is 26.0 Å². The van der Waals surface area contributed by atoms with E-state index in [4.69, 9.17) is 19.7 Å². The molecule has 8 aromatic rings. The zero-order valence-corrected chi connectivity index (χ0v) is 40.6. The Morgan fingerprint density at radius 2 is 1.52 bits per heavy atom. The van der Waals surface area contributed by atoms with E-state index >= 15 is 0 Å². The zero-order valence-electron chi connectivity index (χ0n) is 38.3. The summed E-state index contributed by atoms with van der Waals surface area (Å²) < 4.78 is 9.43. The molecular weight excluding hydrogens is 966 g/mol. The Labute approximate surface area is 391 Å². The number of pyridine rings is 2. The zero-order chi connectivity index (χ0) is 43.8. The van der Waals surface area contributed by atoms with Gasteiger partial charge in [0.1, 0.15) is 17.8 Å². The number of anilines is 3. The predicted octanol–water partition coefficient (Wildman–Crippen LogP) is 13.8. The second kappa shape index (κ2) is 14.6. The van der Waals surface area contributed by atoms with Gasteiger partial charge < -0.3 is 14.2 Å². The summed E-state index contributed by atoms with van der Waals surface area (Å²) in [5, 5.41) is 2.31.